The second-order valence-corrected chi connectivity index (χ2v) is 8.98. The highest BCUT2D eigenvalue weighted by Crippen LogP contribution is 2.38. The Balaban J connectivity index is 1.74. The summed E-state index contributed by atoms with van der Waals surface area (Å²) in [4.78, 5) is 13.2. The van der Waals surface area contributed by atoms with E-state index in [4.69, 9.17) is 0 Å². The lowest BCUT2D eigenvalue weighted by molar-refractivity contribution is -0.115. The van der Waals surface area contributed by atoms with Gasteiger partial charge in [0, 0.05) is 0 Å². The summed E-state index contributed by atoms with van der Waals surface area (Å²) in [7, 11) is 0. The molecular formula is C21H24F3N5O2S. The molecule has 0 amide bonds. The Morgan fingerprint density at radius 1 is 1.12 bits per heavy atom. The molecule has 0 spiro atoms. The quantitative estimate of drug-likeness (QED) is 0.435. The van der Waals surface area contributed by atoms with E-state index in [1.165, 1.54) is 11.3 Å². The van der Waals surface area contributed by atoms with Crippen LogP contribution >= 0.6 is 11.3 Å². The first-order valence-electron chi connectivity index (χ1n) is 10.3. The lowest BCUT2D eigenvalue weighted by atomic mass is 10.0. The van der Waals surface area contributed by atoms with Gasteiger partial charge in [0.25, 0.3) is 0 Å². The molecule has 11 heteroatoms. The topological polar surface area (TPSA) is 103 Å². The summed E-state index contributed by atoms with van der Waals surface area (Å²) in [6.07, 6.45) is -5.12. The molecule has 3 aromatic rings. The maximum Gasteiger partial charge on any atom is 0.405 e. The lowest BCUT2D eigenvalue weighted by Crippen LogP contribution is -2.35. The van der Waals surface area contributed by atoms with Crippen molar-refractivity contribution in [1.82, 2.24) is 15.0 Å². The van der Waals surface area contributed by atoms with Crippen molar-refractivity contribution in [3.8, 4) is 10.6 Å². The lowest BCUT2D eigenvalue weighted by Gasteiger charge is -2.21. The molecule has 1 aliphatic rings. The van der Waals surface area contributed by atoms with E-state index in [0.29, 0.717) is 29.1 Å². The zero-order chi connectivity index (χ0) is 23.0. The van der Waals surface area contributed by atoms with Gasteiger partial charge in [0.2, 0.25) is 5.95 Å². The Morgan fingerprint density at radius 2 is 1.88 bits per heavy atom. The first-order chi connectivity index (χ1) is 15.2. The van der Waals surface area contributed by atoms with Crippen LogP contribution in [0.25, 0.3) is 20.8 Å². The molecule has 0 unspecified atom stereocenters. The monoisotopic (exact) mass is 467 g/mol. The summed E-state index contributed by atoms with van der Waals surface area (Å²) in [6, 6.07) is 7.08. The molecule has 1 aliphatic carbocycles. The van der Waals surface area contributed by atoms with E-state index in [2.05, 4.69) is 25.6 Å². The number of aliphatic hydroxyl groups is 2. The largest absolute Gasteiger partial charge is 0.405 e. The number of hydrogen-bond donors (Lipinski definition) is 4. The highest BCUT2D eigenvalue weighted by Gasteiger charge is 2.41. The van der Waals surface area contributed by atoms with E-state index in [-0.39, 0.29) is 17.7 Å². The first kappa shape index (κ1) is 22.7. The zero-order valence-electron chi connectivity index (χ0n) is 17.5. The van der Waals surface area contributed by atoms with Crippen LogP contribution in [0.1, 0.15) is 25.5 Å². The Labute approximate surface area is 186 Å². The Kier molecular flexibility index (Phi) is 6.24. The fourth-order valence-electron chi connectivity index (χ4n) is 4.02. The second-order valence-electron chi connectivity index (χ2n) is 7.95. The van der Waals surface area contributed by atoms with Gasteiger partial charge in [-0.05, 0) is 31.4 Å². The fourth-order valence-corrected chi connectivity index (χ4v) is 5.08. The minimum atomic E-state index is -4.42. The van der Waals surface area contributed by atoms with Gasteiger partial charge in [-0.1, -0.05) is 25.5 Å². The third-order valence-electron chi connectivity index (χ3n) is 5.69. The number of hydrogen-bond acceptors (Lipinski definition) is 8. The molecule has 32 heavy (non-hydrogen) atoms. The Bertz CT molecular complexity index is 1070. The van der Waals surface area contributed by atoms with Crippen LogP contribution in [0.4, 0.5) is 24.9 Å². The predicted octanol–water partition coefficient (Wildman–Crippen LogP) is 3.97. The van der Waals surface area contributed by atoms with E-state index < -0.39 is 31.0 Å². The van der Waals surface area contributed by atoms with Gasteiger partial charge in [-0.3, -0.25) is 0 Å². The third-order valence-corrected chi connectivity index (χ3v) is 6.75. The van der Waals surface area contributed by atoms with Crippen molar-refractivity contribution in [1.29, 1.82) is 0 Å². The Hall–Kier alpha value is -2.50. The first-order valence-corrected chi connectivity index (χ1v) is 11.2. The van der Waals surface area contributed by atoms with Gasteiger partial charge in [-0.15, -0.1) is 11.3 Å². The number of thiazole rings is 1. The molecule has 2 heterocycles. The molecule has 2 aromatic heterocycles. The number of para-hydroxylation sites is 1. The second kappa shape index (κ2) is 8.80. The number of benzene rings is 1. The van der Waals surface area contributed by atoms with Crippen LogP contribution < -0.4 is 10.6 Å². The van der Waals surface area contributed by atoms with Crippen molar-refractivity contribution < 1.29 is 23.4 Å². The van der Waals surface area contributed by atoms with Crippen LogP contribution in [0.2, 0.25) is 0 Å². The van der Waals surface area contributed by atoms with E-state index in [1.54, 1.807) is 6.92 Å². The summed E-state index contributed by atoms with van der Waals surface area (Å²) >= 11 is 1.42. The molecular weight excluding hydrogens is 443 g/mol. The SMILES string of the molecule is CC[C@H]1C[C@@H](Nc2nc(NCC(F)(F)F)nc(C)c2-c2nc3ccccc3s2)[C@H](O)[C@@H]1O. The molecule has 4 N–H and O–H groups in total. The van der Waals surface area contributed by atoms with Crippen molar-refractivity contribution in [2.75, 3.05) is 17.2 Å². The minimum Gasteiger partial charge on any atom is -0.390 e. The van der Waals surface area contributed by atoms with E-state index >= 15 is 0 Å². The van der Waals surface area contributed by atoms with Gasteiger partial charge in [-0.25, -0.2) is 9.97 Å². The highest BCUT2D eigenvalue weighted by atomic mass is 32.1. The van der Waals surface area contributed by atoms with Gasteiger partial charge < -0.3 is 20.8 Å². The average molecular weight is 468 g/mol. The molecule has 0 saturated heterocycles. The summed E-state index contributed by atoms with van der Waals surface area (Å²) in [6.45, 7) is 2.35. The summed E-state index contributed by atoms with van der Waals surface area (Å²) in [5, 5.41) is 26.8. The molecule has 4 rings (SSSR count). The van der Waals surface area contributed by atoms with E-state index in [1.807, 2.05) is 31.2 Å². The molecule has 7 nitrogen and oxygen atoms in total. The average Bonchev–Trinajstić information content (AvgIpc) is 3.27. The number of rotatable bonds is 6. The van der Waals surface area contributed by atoms with Crippen LogP contribution in [0, 0.1) is 12.8 Å². The van der Waals surface area contributed by atoms with Gasteiger partial charge in [0.05, 0.1) is 33.6 Å². The maximum absolute atomic E-state index is 12.7. The molecule has 4 atom stereocenters. The summed E-state index contributed by atoms with van der Waals surface area (Å²) < 4.78 is 39.1. The van der Waals surface area contributed by atoms with Crippen molar-refractivity contribution in [2.24, 2.45) is 5.92 Å². The molecule has 0 radical (unpaired) electrons. The van der Waals surface area contributed by atoms with Gasteiger partial charge in [0.15, 0.2) is 0 Å². The van der Waals surface area contributed by atoms with Gasteiger partial charge in [0.1, 0.15) is 23.5 Å². The standard InChI is InChI=1S/C21H24F3N5O2S/c1-3-11-8-13(17(31)16(11)30)27-18-15(19-28-12-6-4-5-7-14(12)32-19)10(2)26-20(29-18)25-9-21(22,23)24/h4-7,11,13,16-17,30-31H,3,8-9H2,1-2H3,(H2,25,26,27,29)/t11-,13+,16+,17-/m0/s1. The number of anilines is 2. The highest BCUT2D eigenvalue weighted by molar-refractivity contribution is 7.21. The number of nitrogens with one attached hydrogen (secondary N) is 2. The van der Waals surface area contributed by atoms with Crippen LogP contribution in [-0.2, 0) is 0 Å². The minimum absolute atomic E-state index is 0.0841. The predicted molar refractivity (Wildman–Crippen MR) is 118 cm³/mol. The van der Waals surface area contributed by atoms with Crippen molar-refractivity contribution in [3.63, 3.8) is 0 Å². The molecule has 1 aromatic carbocycles. The number of halogens is 3. The zero-order valence-corrected chi connectivity index (χ0v) is 18.3. The number of nitrogens with zero attached hydrogens (tertiary/aromatic N) is 3. The fraction of sp³-hybridized carbons (Fsp3) is 0.476. The summed E-state index contributed by atoms with van der Waals surface area (Å²) in [5.74, 6) is 0.0145. The number of alkyl halides is 3. The number of aryl methyl sites for hydroxylation is 1. The van der Waals surface area contributed by atoms with Crippen LogP contribution in [-0.4, -0.2) is 56.1 Å². The molecule has 0 aliphatic heterocycles. The van der Waals surface area contributed by atoms with Crippen molar-refractivity contribution in [3.05, 3.63) is 30.0 Å². The maximum atomic E-state index is 12.7. The van der Waals surface area contributed by atoms with Crippen LogP contribution in [0.3, 0.4) is 0 Å². The normalized spacial score (nSPS) is 23.6. The molecule has 1 saturated carbocycles. The molecule has 1 fully saturated rings. The smallest absolute Gasteiger partial charge is 0.390 e. The van der Waals surface area contributed by atoms with E-state index in [0.717, 1.165) is 10.2 Å². The Morgan fingerprint density at radius 3 is 2.53 bits per heavy atom. The third kappa shape index (κ3) is 4.64. The van der Waals surface area contributed by atoms with Crippen molar-refractivity contribution >= 4 is 33.3 Å². The number of aromatic nitrogens is 3. The van der Waals surface area contributed by atoms with Gasteiger partial charge in [-0.2, -0.15) is 18.2 Å². The van der Waals surface area contributed by atoms with Crippen molar-refractivity contribution in [2.45, 2.75) is 51.1 Å². The van der Waals surface area contributed by atoms with E-state index in [9.17, 15) is 23.4 Å². The van der Waals surface area contributed by atoms with Crippen LogP contribution in [0.5, 0.6) is 0 Å². The van der Waals surface area contributed by atoms with Gasteiger partial charge >= 0.3 is 6.18 Å². The molecule has 0 bridgehead atoms. The molecule has 172 valence electrons. The summed E-state index contributed by atoms with van der Waals surface area (Å²) in [5.41, 5.74) is 1.80. The number of fused-ring (bicyclic) bond motifs is 1. The number of aliphatic hydroxyl groups excluding tert-OH is 2. The van der Waals surface area contributed by atoms with Crippen LogP contribution in [0.15, 0.2) is 24.3 Å².